The van der Waals surface area contributed by atoms with E-state index >= 15 is 0 Å². The second-order valence-electron chi connectivity index (χ2n) is 5.58. The Morgan fingerprint density at radius 2 is 1.70 bits per heavy atom. The Morgan fingerprint density at radius 3 is 2.37 bits per heavy atom. The third-order valence-electron chi connectivity index (χ3n) is 3.70. The zero-order valence-corrected chi connectivity index (χ0v) is 14.1. The minimum Gasteiger partial charge on any atom is -0.478 e. The standard InChI is InChI=1S/C20H15FN2O4/c21-15-8-5-13(6-9-15)14-7-10-19(22-11-14)27-12-18(24)23-17-4-2-1-3-16(17)20(25)26/h1-11H,12H2,(H,23,24)(H,25,26). The first kappa shape index (κ1) is 18.1. The molecule has 0 bridgehead atoms. The minimum absolute atomic E-state index is 0.00683. The Bertz CT molecular complexity index is 956. The first-order chi connectivity index (χ1) is 13.0. The van der Waals surface area contributed by atoms with Crippen molar-refractivity contribution in [1.82, 2.24) is 4.98 Å². The molecule has 136 valence electrons. The number of ether oxygens (including phenoxy) is 1. The average Bonchev–Trinajstić information content (AvgIpc) is 2.68. The maximum absolute atomic E-state index is 13.0. The number of para-hydroxylation sites is 1. The first-order valence-corrected chi connectivity index (χ1v) is 8.00. The summed E-state index contributed by atoms with van der Waals surface area (Å²) in [5.74, 6) is -1.72. The lowest BCUT2D eigenvalue weighted by molar-refractivity contribution is -0.118. The number of carboxylic acids is 1. The van der Waals surface area contributed by atoms with Crippen LogP contribution in [0.2, 0.25) is 0 Å². The molecule has 3 rings (SSSR count). The van der Waals surface area contributed by atoms with Crippen molar-refractivity contribution in [2.45, 2.75) is 0 Å². The van der Waals surface area contributed by atoms with Gasteiger partial charge in [-0.3, -0.25) is 4.79 Å². The van der Waals surface area contributed by atoms with Crippen LogP contribution in [0.4, 0.5) is 10.1 Å². The molecule has 0 saturated carbocycles. The summed E-state index contributed by atoms with van der Waals surface area (Å²) in [5.41, 5.74) is 1.77. The number of nitrogens with one attached hydrogen (secondary N) is 1. The molecule has 1 aromatic heterocycles. The lowest BCUT2D eigenvalue weighted by Crippen LogP contribution is -2.21. The Morgan fingerprint density at radius 1 is 1.00 bits per heavy atom. The molecule has 1 amide bonds. The molecule has 6 nitrogen and oxygen atoms in total. The van der Waals surface area contributed by atoms with E-state index in [1.807, 2.05) is 0 Å². The summed E-state index contributed by atoms with van der Waals surface area (Å²) >= 11 is 0. The van der Waals surface area contributed by atoms with Crippen molar-refractivity contribution in [3.63, 3.8) is 0 Å². The molecule has 0 atom stereocenters. The van der Waals surface area contributed by atoms with Crippen LogP contribution in [0.15, 0.2) is 66.9 Å². The second-order valence-corrected chi connectivity index (χ2v) is 5.58. The highest BCUT2D eigenvalue weighted by molar-refractivity contribution is 6.00. The van der Waals surface area contributed by atoms with E-state index in [0.29, 0.717) is 0 Å². The number of pyridine rings is 1. The van der Waals surface area contributed by atoms with E-state index in [1.165, 1.54) is 24.3 Å². The van der Waals surface area contributed by atoms with Crippen molar-refractivity contribution in [3.05, 3.63) is 78.2 Å². The summed E-state index contributed by atoms with van der Waals surface area (Å²) in [6, 6.07) is 15.4. The van der Waals surface area contributed by atoms with E-state index < -0.39 is 11.9 Å². The first-order valence-electron chi connectivity index (χ1n) is 8.00. The quantitative estimate of drug-likeness (QED) is 0.696. The molecule has 0 saturated heterocycles. The normalized spacial score (nSPS) is 10.3. The molecule has 0 spiro atoms. The topological polar surface area (TPSA) is 88.5 Å². The number of nitrogens with zero attached hydrogens (tertiary/aromatic N) is 1. The molecule has 0 aliphatic carbocycles. The fourth-order valence-corrected chi connectivity index (χ4v) is 2.38. The van der Waals surface area contributed by atoms with E-state index in [9.17, 15) is 14.0 Å². The molecular weight excluding hydrogens is 351 g/mol. The van der Waals surface area contributed by atoms with Crippen molar-refractivity contribution in [1.29, 1.82) is 0 Å². The molecule has 27 heavy (non-hydrogen) atoms. The van der Waals surface area contributed by atoms with Gasteiger partial charge in [0.25, 0.3) is 5.91 Å². The van der Waals surface area contributed by atoms with Gasteiger partial charge in [0.15, 0.2) is 6.61 Å². The smallest absolute Gasteiger partial charge is 0.337 e. The number of amides is 1. The predicted octanol–water partition coefficient (Wildman–Crippen LogP) is 3.60. The summed E-state index contributed by atoms with van der Waals surface area (Å²) in [5, 5.41) is 11.6. The van der Waals surface area contributed by atoms with Crippen molar-refractivity contribution < 1.29 is 23.8 Å². The fraction of sp³-hybridized carbons (Fsp3) is 0.0500. The number of hydrogen-bond donors (Lipinski definition) is 2. The van der Waals surface area contributed by atoms with Gasteiger partial charge in [0.1, 0.15) is 5.82 Å². The lowest BCUT2D eigenvalue weighted by atomic mass is 10.1. The highest BCUT2D eigenvalue weighted by atomic mass is 19.1. The average molecular weight is 366 g/mol. The highest BCUT2D eigenvalue weighted by Crippen LogP contribution is 2.20. The monoisotopic (exact) mass is 366 g/mol. The predicted molar refractivity (Wildman–Crippen MR) is 97.2 cm³/mol. The Labute approximate surface area is 154 Å². The fourth-order valence-electron chi connectivity index (χ4n) is 2.38. The van der Waals surface area contributed by atoms with Gasteiger partial charge in [-0.15, -0.1) is 0 Å². The van der Waals surface area contributed by atoms with Gasteiger partial charge >= 0.3 is 5.97 Å². The van der Waals surface area contributed by atoms with E-state index in [2.05, 4.69) is 10.3 Å². The van der Waals surface area contributed by atoms with Crippen LogP contribution in [0.25, 0.3) is 11.1 Å². The summed E-state index contributed by atoms with van der Waals surface area (Å²) in [4.78, 5) is 27.2. The van der Waals surface area contributed by atoms with Gasteiger partial charge in [0.05, 0.1) is 11.3 Å². The molecule has 7 heteroatoms. The number of benzene rings is 2. The van der Waals surface area contributed by atoms with E-state index in [1.54, 1.807) is 42.6 Å². The zero-order chi connectivity index (χ0) is 19.2. The molecular formula is C20H15FN2O4. The van der Waals surface area contributed by atoms with Crippen LogP contribution >= 0.6 is 0 Å². The van der Waals surface area contributed by atoms with Gasteiger partial charge in [-0.1, -0.05) is 24.3 Å². The van der Waals surface area contributed by atoms with E-state index in [-0.39, 0.29) is 29.6 Å². The SMILES string of the molecule is O=C(COc1ccc(-c2ccc(F)cc2)cn1)Nc1ccccc1C(=O)O. The van der Waals surface area contributed by atoms with Crippen molar-refractivity contribution in [2.24, 2.45) is 0 Å². The minimum atomic E-state index is -1.13. The van der Waals surface area contributed by atoms with Gasteiger partial charge in [-0.2, -0.15) is 0 Å². The number of carbonyl (C=O) groups is 2. The number of aromatic carboxylic acids is 1. The maximum atomic E-state index is 13.0. The molecule has 2 N–H and O–H groups in total. The van der Waals surface area contributed by atoms with Crippen LogP contribution in [0.3, 0.4) is 0 Å². The third kappa shape index (κ3) is 4.66. The third-order valence-corrected chi connectivity index (χ3v) is 3.70. The molecule has 0 aliphatic heterocycles. The molecule has 1 heterocycles. The maximum Gasteiger partial charge on any atom is 0.337 e. The summed E-state index contributed by atoms with van der Waals surface area (Å²) < 4.78 is 18.3. The summed E-state index contributed by atoms with van der Waals surface area (Å²) in [7, 11) is 0. The highest BCUT2D eigenvalue weighted by Gasteiger charge is 2.12. The number of hydrogen-bond acceptors (Lipinski definition) is 4. The molecule has 0 unspecified atom stereocenters. The van der Waals surface area contributed by atoms with Crippen molar-refractivity contribution >= 4 is 17.6 Å². The Hall–Kier alpha value is -3.74. The van der Waals surface area contributed by atoms with Gasteiger partial charge in [0.2, 0.25) is 5.88 Å². The van der Waals surface area contributed by atoms with Crippen LogP contribution in [0.5, 0.6) is 5.88 Å². The molecule has 0 aliphatic rings. The van der Waals surface area contributed by atoms with Gasteiger partial charge in [0, 0.05) is 17.8 Å². The number of rotatable bonds is 6. The summed E-state index contributed by atoms with van der Waals surface area (Å²) in [6.07, 6.45) is 1.56. The van der Waals surface area contributed by atoms with Crippen LogP contribution in [-0.4, -0.2) is 28.6 Å². The van der Waals surface area contributed by atoms with Crippen molar-refractivity contribution in [2.75, 3.05) is 11.9 Å². The molecule has 2 aromatic carbocycles. The molecule has 0 radical (unpaired) electrons. The number of carbonyl (C=O) groups excluding carboxylic acids is 1. The zero-order valence-electron chi connectivity index (χ0n) is 14.1. The van der Waals surface area contributed by atoms with Gasteiger partial charge < -0.3 is 15.2 Å². The van der Waals surface area contributed by atoms with E-state index in [4.69, 9.17) is 9.84 Å². The van der Waals surface area contributed by atoms with Crippen LogP contribution in [-0.2, 0) is 4.79 Å². The number of carboxylic acid groups (broad SMARTS) is 1. The van der Waals surface area contributed by atoms with Crippen LogP contribution < -0.4 is 10.1 Å². The Balaban J connectivity index is 1.59. The van der Waals surface area contributed by atoms with Gasteiger partial charge in [-0.05, 0) is 35.9 Å². The Kier molecular flexibility index (Phi) is 5.41. The number of aromatic nitrogens is 1. The van der Waals surface area contributed by atoms with E-state index in [0.717, 1.165) is 11.1 Å². The summed E-state index contributed by atoms with van der Waals surface area (Å²) in [6.45, 7) is -0.323. The molecule has 0 fully saturated rings. The van der Waals surface area contributed by atoms with Gasteiger partial charge in [-0.25, -0.2) is 14.2 Å². The van der Waals surface area contributed by atoms with Crippen LogP contribution in [0.1, 0.15) is 10.4 Å². The molecule has 3 aromatic rings. The lowest BCUT2D eigenvalue weighted by Gasteiger charge is -2.09. The van der Waals surface area contributed by atoms with Crippen molar-refractivity contribution in [3.8, 4) is 17.0 Å². The number of halogens is 1. The largest absolute Gasteiger partial charge is 0.478 e. The van der Waals surface area contributed by atoms with Crippen LogP contribution in [0, 0.1) is 5.82 Å². The number of anilines is 1. The second kappa shape index (κ2) is 8.09.